The van der Waals surface area contributed by atoms with Crippen LogP contribution in [0.15, 0.2) is 12.7 Å². The van der Waals surface area contributed by atoms with Gasteiger partial charge in [-0.3, -0.25) is 4.79 Å². The van der Waals surface area contributed by atoms with Gasteiger partial charge in [-0.1, -0.05) is 22.0 Å². The van der Waals surface area contributed by atoms with Gasteiger partial charge in [-0.15, -0.1) is 6.58 Å². The lowest BCUT2D eigenvalue weighted by Gasteiger charge is -1.55. The van der Waals surface area contributed by atoms with Crippen molar-refractivity contribution < 1.29 is 9.90 Å². The lowest BCUT2D eigenvalue weighted by atomic mass is 10.8. The smallest absolute Gasteiger partial charge is 0.290 e. The molecule has 0 aliphatic heterocycles. The number of carboxylic acid groups (broad SMARTS) is 1. The molecule has 7 heavy (non-hydrogen) atoms. The highest BCUT2D eigenvalue weighted by Crippen LogP contribution is 1.73. The Balaban J connectivity index is 0. The highest BCUT2D eigenvalue weighted by Gasteiger charge is 1.47. The van der Waals surface area contributed by atoms with Gasteiger partial charge < -0.3 is 5.11 Å². The number of alkyl halides is 1. The second-order valence-electron chi connectivity index (χ2n) is 0.548. The van der Waals surface area contributed by atoms with Crippen LogP contribution in [-0.4, -0.2) is 16.9 Å². The Morgan fingerprint density at radius 3 is 2.00 bits per heavy atom. The van der Waals surface area contributed by atoms with Crippen LogP contribution in [0.2, 0.25) is 0 Å². The van der Waals surface area contributed by atoms with Gasteiger partial charge in [-0.05, 0) is 0 Å². The van der Waals surface area contributed by atoms with Crippen LogP contribution in [0.5, 0.6) is 0 Å². The molecule has 0 aliphatic carbocycles. The van der Waals surface area contributed by atoms with Crippen molar-refractivity contribution in [1.29, 1.82) is 0 Å². The van der Waals surface area contributed by atoms with Gasteiger partial charge in [0.05, 0.1) is 0 Å². The first kappa shape index (κ1) is 9.85. The van der Waals surface area contributed by atoms with Crippen LogP contribution in [0.4, 0.5) is 0 Å². The Bertz CT molecular complexity index is 45.0. The van der Waals surface area contributed by atoms with Gasteiger partial charge in [-0.2, -0.15) is 0 Å². The van der Waals surface area contributed by atoms with Crippen LogP contribution < -0.4 is 0 Å². The van der Waals surface area contributed by atoms with Crippen LogP contribution in [0, 0.1) is 0 Å². The number of hydrogen-bond acceptors (Lipinski definition) is 1. The van der Waals surface area contributed by atoms with Crippen LogP contribution >= 0.6 is 15.9 Å². The zero-order chi connectivity index (χ0) is 6.12. The summed E-state index contributed by atoms with van der Waals surface area (Å²) in [6.07, 6.45) is 1.79. The van der Waals surface area contributed by atoms with Gasteiger partial charge in [0.1, 0.15) is 0 Å². The summed E-state index contributed by atoms with van der Waals surface area (Å²) in [5.74, 6) is 0. The zero-order valence-electron chi connectivity index (χ0n) is 3.80. The van der Waals surface area contributed by atoms with E-state index >= 15 is 0 Å². The molecular formula is C4H7BrO2. The minimum atomic E-state index is -0.250. The quantitative estimate of drug-likeness (QED) is 0.362. The second kappa shape index (κ2) is 17.3. The molecule has 0 unspecified atom stereocenters. The summed E-state index contributed by atoms with van der Waals surface area (Å²) in [6, 6.07) is 0. The molecule has 0 aromatic carbocycles. The van der Waals surface area contributed by atoms with Gasteiger partial charge in [0, 0.05) is 5.33 Å². The third-order valence-electron chi connectivity index (χ3n) is 0.109. The lowest BCUT2D eigenvalue weighted by Crippen LogP contribution is -1.49. The van der Waals surface area contributed by atoms with E-state index in [1.54, 1.807) is 6.08 Å². The summed E-state index contributed by atoms with van der Waals surface area (Å²) in [4.78, 5) is 8.36. The second-order valence-corrected chi connectivity index (χ2v) is 1.20. The average Bonchev–Trinajstić information content (AvgIpc) is 1.69. The van der Waals surface area contributed by atoms with E-state index in [1.807, 2.05) is 0 Å². The van der Waals surface area contributed by atoms with Gasteiger partial charge in [0.2, 0.25) is 0 Å². The summed E-state index contributed by atoms with van der Waals surface area (Å²) in [5.41, 5.74) is 0. The third-order valence-corrected chi connectivity index (χ3v) is 0.567. The first-order valence-corrected chi connectivity index (χ1v) is 2.70. The predicted molar refractivity (Wildman–Crippen MR) is 32.7 cm³/mol. The highest BCUT2D eigenvalue weighted by atomic mass is 79.9. The van der Waals surface area contributed by atoms with Crippen molar-refractivity contribution in [1.82, 2.24) is 0 Å². The monoisotopic (exact) mass is 166 g/mol. The minimum Gasteiger partial charge on any atom is -0.483 e. The summed E-state index contributed by atoms with van der Waals surface area (Å²) in [6.45, 7) is 3.18. The maximum absolute atomic E-state index is 8.36. The Hall–Kier alpha value is -0.310. The van der Waals surface area contributed by atoms with Crippen molar-refractivity contribution in [3.05, 3.63) is 12.7 Å². The van der Waals surface area contributed by atoms with E-state index in [-0.39, 0.29) is 6.47 Å². The van der Waals surface area contributed by atoms with E-state index in [0.29, 0.717) is 0 Å². The maximum Gasteiger partial charge on any atom is 0.290 e. The number of carbonyl (C=O) groups is 1. The van der Waals surface area contributed by atoms with Crippen molar-refractivity contribution in [2.45, 2.75) is 0 Å². The van der Waals surface area contributed by atoms with Gasteiger partial charge in [-0.25, -0.2) is 0 Å². The summed E-state index contributed by atoms with van der Waals surface area (Å²) in [7, 11) is 0. The largest absolute Gasteiger partial charge is 0.483 e. The van der Waals surface area contributed by atoms with Crippen molar-refractivity contribution in [3.8, 4) is 0 Å². The van der Waals surface area contributed by atoms with Crippen molar-refractivity contribution in [2.75, 3.05) is 5.33 Å². The van der Waals surface area contributed by atoms with E-state index < -0.39 is 0 Å². The molecule has 0 aromatic heterocycles. The fourth-order valence-electron chi connectivity index (χ4n) is 0. The lowest BCUT2D eigenvalue weighted by molar-refractivity contribution is -0.122. The maximum atomic E-state index is 8.36. The molecule has 0 amide bonds. The van der Waals surface area contributed by atoms with Crippen LogP contribution in [0.1, 0.15) is 0 Å². The van der Waals surface area contributed by atoms with Gasteiger partial charge in [0.25, 0.3) is 6.47 Å². The first-order chi connectivity index (χ1) is 3.33. The molecule has 0 saturated carbocycles. The normalized spacial score (nSPS) is 5.29. The molecule has 0 bridgehead atoms. The van der Waals surface area contributed by atoms with E-state index in [1.165, 1.54) is 0 Å². The number of rotatable bonds is 1. The predicted octanol–water partition coefficient (Wildman–Crippen LogP) is 1.27. The molecule has 3 heteroatoms. The van der Waals surface area contributed by atoms with Crippen LogP contribution in [0.25, 0.3) is 0 Å². The Morgan fingerprint density at radius 1 is 1.86 bits per heavy atom. The molecule has 2 nitrogen and oxygen atoms in total. The molecule has 0 fully saturated rings. The standard InChI is InChI=1S/C3H5Br.CH2O2/c1-2-3-4;2-1-3/h2H,1,3H2;1H,(H,2,3). The average molecular weight is 167 g/mol. The molecule has 0 aliphatic rings. The van der Waals surface area contributed by atoms with E-state index in [9.17, 15) is 0 Å². The van der Waals surface area contributed by atoms with E-state index in [0.717, 1.165) is 5.33 Å². The molecule has 0 atom stereocenters. The van der Waals surface area contributed by atoms with Crippen molar-refractivity contribution in [3.63, 3.8) is 0 Å². The molecular weight excluding hydrogens is 160 g/mol. The molecule has 42 valence electrons. The van der Waals surface area contributed by atoms with Gasteiger partial charge in [0.15, 0.2) is 0 Å². The SMILES string of the molecule is C=CCBr.O=CO. The van der Waals surface area contributed by atoms with Gasteiger partial charge >= 0.3 is 0 Å². The molecule has 1 N–H and O–H groups in total. The molecule has 0 aromatic rings. The molecule has 0 rings (SSSR count). The Labute approximate surface area is 51.0 Å². The van der Waals surface area contributed by atoms with Crippen LogP contribution in [0.3, 0.4) is 0 Å². The summed E-state index contributed by atoms with van der Waals surface area (Å²) in [5, 5.41) is 7.78. The number of allylic oxidation sites excluding steroid dienone is 1. The van der Waals surface area contributed by atoms with Crippen molar-refractivity contribution in [2.24, 2.45) is 0 Å². The molecule has 0 spiro atoms. The zero-order valence-corrected chi connectivity index (χ0v) is 5.39. The summed E-state index contributed by atoms with van der Waals surface area (Å²) < 4.78 is 0. The summed E-state index contributed by atoms with van der Waals surface area (Å²) >= 11 is 3.13. The van der Waals surface area contributed by atoms with Crippen molar-refractivity contribution >= 4 is 22.4 Å². The number of halogens is 1. The molecule has 0 saturated heterocycles. The fourth-order valence-corrected chi connectivity index (χ4v) is 0. The van der Waals surface area contributed by atoms with E-state index in [2.05, 4.69) is 22.5 Å². The Kier molecular flexibility index (Phi) is 24.3. The third kappa shape index (κ3) is 163. The molecule has 0 heterocycles. The van der Waals surface area contributed by atoms with E-state index in [4.69, 9.17) is 9.90 Å². The first-order valence-electron chi connectivity index (χ1n) is 1.58. The minimum absolute atomic E-state index is 0.250. The topological polar surface area (TPSA) is 37.3 Å². The highest BCUT2D eigenvalue weighted by molar-refractivity contribution is 9.09. The number of hydrogen-bond donors (Lipinski definition) is 1. The van der Waals surface area contributed by atoms with Crippen LogP contribution in [-0.2, 0) is 4.79 Å². The fraction of sp³-hybridized carbons (Fsp3) is 0.250. The molecule has 0 radical (unpaired) electrons. The Morgan fingerprint density at radius 2 is 2.00 bits per heavy atom.